The van der Waals surface area contributed by atoms with E-state index in [1.807, 2.05) is 38.4 Å². The zero-order valence-electron chi connectivity index (χ0n) is 11.0. The Morgan fingerprint density at radius 1 is 0.950 bits per heavy atom. The van der Waals surface area contributed by atoms with Gasteiger partial charge >= 0.3 is 0 Å². The lowest BCUT2D eigenvalue weighted by Gasteiger charge is -2.11. The SMILES string of the molecule is CN(C)c1ccc(N=Nc2cc3sc(I)cc3s2)cc1. The fourth-order valence-corrected chi connectivity index (χ4v) is 4.94. The average molecular weight is 413 g/mol. The summed E-state index contributed by atoms with van der Waals surface area (Å²) < 4.78 is 3.89. The molecule has 102 valence electrons. The lowest BCUT2D eigenvalue weighted by atomic mass is 10.3. The number of rotatable bonds is 3. The highest BCUT2D eigenvalue weighted by Gasteiger charge is 2.04. The van der Waals surface area contributed by atoms with Crippen molar-refractivity contribution >= 4 is 71.0 Å². The molecule has 3 nitrogen and oxygen atoms in total. The molecule has 0 N–H and O–H groups in total. The van der Waals surface area contributed by atoms with Crippen LogP contribution in [0.15, 0.2) is 46.6 Å². The molecule has 0 saturated heterocycles. The van der Waals surface area contributed by atoms with E-state index in [0.717, 1.165) is 16.4 Å². The van der Waals surface area contributed by atoms with E-state index < -0.39 is 0 Å². The van der Waals surface area contributed by atoms with Crippen molar-refractivity contribution in [1.29, 1.82) is 0 Å². The van der Waals surface area contributed by atoms with Crippen LogP contribution in [-0.2, 0) is 0 Å². The Morgan fingerprint density at radius 3 is 2.30 bits per heavy atom. The van der Waals surface area contributed by atoms with Gasteiger partial charge in [0.2, 0.25) is 0 Å². The normalized spacial score (nSPS) is 11.6. The van der Waals surface area contributed by atoms with E-state index in [1.165, 1.54) is 12.3 Å². The molecule has 0 saturated carbocycles. The van der Waals surface area contributed by atoms with Crippen LogP contribution < -0.4 is 4.90 Å². The maximum atomic E-state index is 4.32. The number of hydrogen-bond donors (Lipinski definition) is 0. The summed E-state index contributed by atoms with van der Waals surface area (Å²) in [5, 5.41) is 9.58. The Kier molecular flexibility index (Phi) is 4.04. The van der Waals surface area contributed by atoms with E-state index in [0.29, 0.717) is 0 Å². The Labute approximate surface area is 139 Å². The van der Waals surface area contributed by atoms with E-state index in [9.17, 15) is 0 Å². The lowest BCUT2D eigenvalue weighted by Crippen LogP contribution is -2.07. The number of nitrogens with zero attached hydrogens (tertiary/aromatic N) is 3. The molecule has 0 aliphatic carbocycles. The molecule has 0 spiro atoms. The minimum absolute atomic E-state index is 0.877. The van der Waals surface area contributed by atoms with Gasteiger partial charge in [0.15, 0.2) is 0 Å². The van der Waals surface area contributed by atoms with Gasteiger partial charge in [-0.05, 0) is 59.0 Å². The van der Waals surface area contributed by atoms with Crippen LogP contribution in [0.4, 0.5) is 16.4 Å². The topological polar surface area (TPSA) is 28.0 Å². The molecule has 0 radical (unpaired) electrons. The molecule has 20 heavy (non-hydrogen) atoms. The first kappa shape index (κ1) is 14.0. The predicted octanol–water partition coefficient (Wildman–Crippen LogP) is 6.05. The Balaban J connectivity index is 1.80. The van der Waals surface area contributed by atoms with Crippen LogP contribution in [0.2, 0.25) is 0 Å². The lowest BCUT2D eigenvalue weighted by molar-refractivity contribution is 1.13. The van der Waals surface area contributed by atoms with Gasteiger partial charge in [-0.15, -0.1) is 32.9 Å². The van der Waals surface area contributed by atoms with Crippen molar-refractivity contribution in [3.8, 4) is 0 Å². The van der Waals surface area contributed by atoms with Crippen molar-refractivity contribution in [2.75, 3.05) is 19.0 Å². The van der Waals surface area contributed by atoms with Gasteiger partial charge < -0.3 is 4.90 Å². The molecule has 2 heterocycles. The van der Waals surface area contributed by atoms with Crippen molar-refractivity contribution in [2.45, 2.75) is 0 Å². The summed E-state index contributed by atoms with van der Waals surface area (Å²) in [6, 6.07) is 12.4. The highest BCUT2D eigenvalue weighted by Crippen LogP contribution is 2.38. The van der Waals surface area contributed by atoms with Gasteiger partial charge in [-0.3, -0.25) is 0 Å². The van der Waals surface area contributed by atoms with E-state index in [-0.39, 0.29) is 0 Å². The van der Waals surface area contributed by atoms with E-state index in [2.05, 4.69) is 49.9 Å². The van der Waals surface area contributed by atoms with E-state index in [4.69, 9.17) is 0 Å². The molecular formula is C14H12IN3S2. The molecule has 6 heteroatoms. The maximum Gasteiger partial charge on any atom is 0.140 e. The molecule has 0 fully saturated rings. The molecule has 2 aromatic heterocycles. The maximum absolute atomic E-state index is 4.32. The van der Waals surface area contributed by atoms with Gasteiger partial charge in [0.05, 0.1) is 8.57 Å². The first-order valence-corrected chi connectivity index (χ1v) is 8.71. The van der Waals surface area contributed by atoms with Crippen LogP contribution in [0, 0.1) is 2.88 Å². The zero-order chi connectivity index (χ0) is 14.1. The largest absolute Gasteiger partial charge is 0.378 e. The first-order chi connectivity index (χ1) is 9.61. The van der Waals surface area contributed by atoms with Crippen LogP contribution >= 0.6 is 45.3 Å². The molecule has 1 aromatic carbocycles. The van der Waals surface area contributed by atoms with Crippen molar-refractivity contribution in [3.05, 3.63) is 39.3 Å². The van der Waals surface area contributed by atoms with Gasteiger partial charge in [0, 0.05) is 29.2 Å². The Hall–Kier alpha value is -0.990. The highest BCUT2D eigenvalue weighted by molar-refractivity contribution is 14.1. The van der Waals surface area contributed by atoms with Crippen LogP contribution in [0.5, 0.6) is 0 Å². The first-order valence-electron chi connectivity index (χ1n) is 6.00. The van der Waals surface area contributed by atoms with Crippen molar-refractivity contribution < 1.29 is 0 Å². The smallest absolute Gasteiger partial charge is 0.140 e. The van der Waals surface area contributed by atoms with Gasteiger partial charge in [-0.25, -0.2) is 0 Å². The third kappa shape index (κ3) is 3.02. The Morgan fingerprint density at radius 2 is 1.65 bits per heavy atom. The summed E-state index contributed by atoms with van der Waals surface area (Å²) in [6.45, 7) is 0. The second-order valence-electron chi connectivity index (χ2n) is 4.47. The molecule has 0 atom stereocenters. The monoisotopic (exact) mass is 413 g/mol. The summed E-state index contributed by atoms with van der Waals surface area (Å²) in [6.07, 6.45) is 0. The van der Waals surface area contributed by atoms with Crippen molar-refractivity contribution in [3.63, 3.8) is 0 Å². The molecule has 0 unspecified atom stereocenters. The van der Waals surface area contributed by atoms with Gasteiger partial charge in [-0.2, -0.15) is 0 Å². The molecule has 0 amide bonds. The molecule has 3 rings (SSSR count). The third-order valence-corrected chi connectivity index (χ3v) is 5.73. The van der Waals surface area contributed by atoms with Crippen LogP contribution in [0.3, 0.4) is 0 Å². The number of fused-ring (bicyclic) bond motifs is 1. The number of azo groups is 1. The summed E-state index contributed by atoms with van der Waals surface area (Å²) in [5.74, 6) is 0. The van der Waals surface area contributed by atoms with Gasteiger partial charge in [0.1, 0.15) is 5.00 Å². The number of halogens is 1. The van der Waals surface area contributed by atoms with E-state index >= 15 is 0 Å². The summed E-state index contributed by atoms with van der Waals surface area (Å²) >= 11 is 5.82. The molecular weight excluding hydrogens is 401 g/mol. The average Bonchev–Trinajstić information content (AvgIpc) is 2.93. The molecule has 0 bridgehead atoms. The number of benzene rings is 1. The second kappa shape index (κ2) is 5.79. The molecule has 0 aliphatic heterocycles. The summed E-state index contributed by atoms with van der Waals surface area (Å²) in [4.78, 5) is 2.07. The van der Waals surface area contributed by atoms with Gasteiger partial charge in [0.25, 0.3) is 0 Å². The molecule has 3 aromatic rings. The van der Waals surface area contributed by atoms with Crippen LogP contribution in [0.1, 0.15) is 0 Å². The fourth-order valence-electron chi connectivity index (χ4n) is 1.77. The van der Waals surface area contributed by atoms with Crippen molar-refractivity contribution in [1.82, 2.24) is 0 Å². The number of hydrogen-bond acceptors (Lipinski definition) is 5. The number of anilines is 1. The second-order valence-corrected chi connectivity index (χ2v) is 8.51. The minimum atomic E-state index is 0.877. The highest BCUT2D eigenvalue weighted by atomic mass is 127. The Bertz CT molecular complexity index is 725. The van der Waals surface area contributed by atoms with Crippen LogP contribution in [0.25, 0.3) is 9.40 Å². The van der Waals surface area contributed by atoms with E-state index in [1.54, 1.807) is 22.7 Å². The fraction of sp³-hybridized carbons (Fsp3) is 0.143. The summed E-state index contributed by atoms with van der Waals surface area (Å²) in [5.41, 5.74) is 2.04. The quantitative estimate of drug-likeness (QED) is 0.380. The standard InChI is InChI=1S/C14H12IN3S2/c1-18(2)10-5-3-9(4-6-10)16-17-14-8-12-11(20-14)7-13(15)19-12/h3-8H,1-2H3. The third-order valence-electron chi connectivity index (χ3n) is 2.79. The summed E-state index contributed by atoms with van der Waals surface area (Å²) in [7, 11) is 4.05. The number of thiophene rings is 2. The van der Waals surface area contributed by atoms with Crippen LogP contribution in [-0.4, -0.2) is 14.1 Å². The van der Waals surface area contributed by atoms with Gasteiger partial charge in [-0.1, -0.05) is 0 Å². The predicted molar refractivity (Wildman–Crippen MR) is 97.4 cm³/mol. The minimum Gasteiger partial charge on any atom is -0.378 e. The zero-order valence-corrected chi connectivity index (χ0v) is 14.8. The molecule has 0 aliphatic rings. The van der Waals surface area contributed by atoms with Crippen molar-refractivity contribution in [2.24, 2.45) is 10.2 Å².